The molecule has 0 aliphatic carbocycles. The fourth-order valence-corrected chi connectivity index (χ4v) is 3.51. The number of ether oxygens (including phenoxy) is 1. The quantitative estimate of drug-likeness (QED) is 0.504. The van der Waals surface area contributed by atoms with E-state index in [4.69, 9.17) is 16.3 Å². The minimum Gasteiger partial charge on any atom is -0.483 e. The number of benzene rings is 3. The van der Waals surface area contributed by atoms with Gasteiger partial charge in [-0.2, -0.15) is 0 Å². The van der Waals surface area contributed by atoms with Crippen LogP contribution in [0.3, 0.4) is 0 Å². The van der Waals surface area contributed by atoms with E-state index in [1.54, 1.807) is 4.90 Å². The molecule has 0 heterocycles. The van der Waals surface area contributed by atoms with Gasteiger partial charge in [-0.05, 0) is 48.7 Å². The summed E-state index contributed by atoms with van der Waals surface area (Å²) in [5.74, 6) is -1.31. The molecule has 0 bridgehead atoms. The second-order valence-corrected chi connectivity index (χ2v) is 7.71. The third-order valence-corrected chi connectivity index (χ3v) is 5.43. The Balaban J connectivity index is 1.84. The molecule has 6 heteroatoms. The Labute approximate surface area is 186 Å². The standard InChI is InChI=1S/C25H24ClNO4/c1-17-8-6-7-11-20(17)15-27(18(2)19-9-4-3-5-10-19)24(28)16-31-23-13-12-21(26)14-22(23)25(29)30/h3-14,18H,15-16H2,1-2H3,(H,29,30)/t18-/m1/s1. The Morgan fingerprint density at radius 1 is 1.03 bits per heavy atom. The highest BCUT2D eigenvalue weighted by molar-refractivity contribution is 6.31. The molecule has 0 aliphatic heterocycles. The molecule has 1 N–H and O–H groups in total. The van der Waals surface area contributed by atoms with Crippen molar-refractivity contribution in [2.24, 2.45) is 0 Å². The van der Waals surface area contributed by atoms with E-state index in [2.05, 4.69) is 0 Å². The SMILES string of the molecule is Cc1ccccc1CN(C(=O)COc1ccc(Cl)cc1C(=O)O)[C@H](C)c1ccccc1. The van der Waals surface area contributed by atoms with Crippen molar-refractivity contribution in [1.29, 1.82) is 0 Å². The van der Waals surface area contributed by atoms with Crippen LogP contribution in [0.25, 0.3) is 0 Å². The van der Waals surface area contributed by atoms with Gasteiger partial charge in [-0.15, -0.1) is 0 Å². The molecule has 0 radical (unpaired) electrons. The minimum absolute atomic E-state index is 0.0816. The van der Waals surface area contributed by atoms with Gasteiger partial charge in [-0.3, -0.25) is 4.79 Å². The largest absolute Gasteiger partial charge is 0.483 e. The molecule has 5 nitrogen and oxygen atoms in total. The van der Waals surface area contributed by atoms with Crippen molar-refractivity contribution in [2.45, 2.75) is 26.4 Å². The summed E-state index contributed by atoms with van der Waals surface area (Å²) in [6.07, 6.45) is 0. The monoisotopic (exact) mass is 437 g/mol. The summed E-state index contributed by atoms with van der Waals surface area (Å²) in [5.41, 5.74) is 3.05. The van der Waals surface area contributed by atoms with Crippen LogP contribution in [0, 0.1) is 6.92 Å². The van der Waals surface area contributed by atoms with Crippen molar-refractivity contribution in [3.05, 3.63) is 100 Å². The van der Waals surface area contributed by atoms with E-state index in [0.717, 1.165) is 16.7 Å². The molecule has 0 fully saturated rings. The maximum atomic E-state index is 13.2. The molecular formula is C25H24ClNO4. The number of carbonyl (C=O) groups excluding carboxylic acids is 1. The fourth-order valence-electron chi connectivity index (χ4n) is 3.34. The van der Waals surface area contributed by atoms with Gasteiger partial charge in [0.1, 0.15) is 11.3 Å². The fraction of sp³-hybridized carbons (Fsp3) is 0.200. The van der Waals surface area contributed by atoms with Gasteiger partial charge in [0.15, 0.2) is 6.61 Å². The van der Waals surface area contributed by atoms with E-state index in [1.165, 1.54) is 18.2 Å². The number of hydrogen-bond donors (Lipinski definition) is 1. The summed E-state index contributed by atoms with van der Waals surface area (Å²) in [5, 5.41) is 9.68. The number of amides is 1. The first-order chi connectivity index (χ1) is 14.9. The molecule has 0 saturated carbocycles. The zero-order valence-electron chi connectivity index (χ0n) is 17.4. The van der Waals surface area contributed by atoms with Gasteiger partial charge in [-0.1, -0.05) is 66.2 Å². The van der Waals surface area contributed by atoms with Crippen LogP contribution < -0.4 is 4.74 Å². The second kappa shape index (κ2) is 10.1. The number of aryl methyl sites for hydroxylation is 1. The summed E-state index contributed by atoms with van der Waals surface area (Å²) in [4.78, 5) is 26.5. The average Bonchev–Trinajstić information content (AvgIpc) is 2.77. The third-order valence-electron chi connectivity index (χ3n) is 5.19. The number of rotatable bonds is 8. The van der Waals surface area contributed by atoms with Gasteiger partial charge in [0, 0.05) is 11.6 Å². The zero-order valence-corrected chi connectivity index (χ0v) is 18.2. The van der Waals surface area contributed by atoms with Crippen molar-refractivity contribution in [3.63, 3.8) is 0 Å². The highest BCUT2D eigenvalue weighted by Crippen LogP contribution is 2.26. The molecule has 3 rings (SSSR count). The van der Waals surface area contributed by atoms with Crippen LogP contribution in [-0.4, -0.2) is 28.5 Å². The highest BCUT2D eigenvalue weighted by atomic mass is 35.5. The molecule has 0 unspecified atom stereocenters. The van der Waals surface area contributed by atoms with E-state index in [0.29, 0.717) is 6.54 Å². The van der Waals surface area contributed by atoms with E-state index in [-0.39, 0.29) is 34.9 Å². The Morgan fingerprint density at radius 2 is 1.71 bits per heavy atom. The van der Waals surface area contributed by atoms with Crippen LogP contribution in [0.1, 0.15) is 40.0 Å². The van der Waals surface area contributed by atoms with E-state index < -0.39 is 5.97 Å². The predicted octanol–water partition coefficient (Wildman–Crippen LogP) is 5.52. The van der Waals surface area contributed by atoms with Crippen LogP contribution >= 0.6 is 11.6 Å². The molecule has 31 heavy (non-hydrogen) atoms. The number of carboxylic acid groups (broad SMARTS) is 1. The van der Waals surface area contributed by atoms with Crippen molar-refractivity contribution in [2.75, 3.05) is 6.61 Å². The summed E-state index contributed by atoms with van der Waals surface area (Å²) in [6.45, 7) is 4.10. The summed E-state index contributed by atoms with van der Waals surface area (Å²) in [6, 6.07) is 21.8. The van der Waals surface area contributed by atoms with Crippen LogP contribution in [-0.2, 0) is 11.3 Å². The predicted molar refractivity (Wildman–Crippen MR) is 120 cm³/mol. The number of hydrogen-bond acceptors (Lipinski definition) is 3. The van der Waals surface area contributed by atoms with Crippen molar-refractivity contribution in [1.82, 2.24) is 4.90 Å². The smallest absolute Gasteiger partial charge is 0.339 e. The topological polar surface area (TPSA) is 66.8 Å². The highest BCUT2D eigenvalue weighted by Gasteiger charge is 2.23. The van der Waals surface area contributed by atoms with Crippen molar-refractivity contribution in [3.8, 4) is 5.75 Å². The van der Waals surface area contributed by atoms with Crippen LogP contribution in [0.2, 0.25) is 5.02 Å². The van der Waals surface area contributed by atoms with E-state index in [9.17, 15) is 14.7 Å². The van der Waals surface area contributed by atoms with Gasteiger partial charge in [0.2, 0.25) is 0 Å². The number of carbonyl (C=O) groups is 2. The molecule has 0 aliphatic rings. The molecule has 1 atom stereocenters. The van der Waals surface area contributed by atoms with Crippen LogP contribution in [0.4, 0.5) is 0 Å². The number of aromatic carboxylic acids is 1. The molecule has 160 valence electrons. The number of halogens is 1. The lowest BCUT2D eigenvalue weighted by Crippen LogP contribution is -2.37. The lowest BCUT2D eigenvalue weighted by Gasteiger charge is -2.30. The molecule has 0 aromatic heterocycles. The molecule has 0 saturated heterocycles. The van der Waals surface area contributed by atoms with Gasteiger partial charge < -0.3 is 14.7 Å². The normalized spacial score (nSPS) is 11.6. The minimum atomic E-state index is -1.17. The van der Waals surface area contributed by atoms with Crippen LogP contribution in [0.5, 0.6) is 5.75 Å². The van der Waals surface area contributed by atoms with Crippen LogP contribution in [0.15, 0.2) is 72.8 Å². The Hall–Kier alpha value is -3.31. The first-order valence-corrected chi connectivity index (χ1v) is 10.3. The zero-order chi connectivity index (χ0) is 22.4. The average molecular weight is 438 g/mol. The van der Waals surface area contributed by atoms with Crippen molar-refractivity contribution >= 4 is 23.5 Å². The molecule has 3 aromatic rings. The Bertz CT molecular complexity index is 1070. The van der Waals surface area contributed by atoms with Crippen molar-refractivity contribution < 1.29 is 19.4 Å². The van der Waals surface area contributed by atoms with Gasteiger partial charge in [0.05, 0.1) is 6.04 Å². The summed E-state index contributed by atoms with van der Waals surface area (Å²) in [7, 11) is 0. The molecular weight excluding hydrogens is 414 g/mol. The number of nitrogens with zero attached hydrogens (tertiary/aromatic N) is 1. The first-order valence-electron chi connectivity index (χ1n) is 9.91. The lowest BCUT2D eigenvalue weighted by atomic mass is 10.0. The van der Waals surface area contributed by atoms with Gasteiger partial charge >= 0.3 is 5.97 Å². The molecule has 3 aromatic carbocycles. The lowest BCUT2D eigenvalue weighted by molar-refractivity contribution is -0.136. The summed E-state index contributed by atoms with van der Waals surface area (Å²) < 4.78 is 5.62. The maximum absolute atomic E-state index is 13.2. The van der Waals surface area contributed by atoms with E-state index in [1.807, 2.05) is 68.4 Å². The second-order valence-electron chi connectivity index (χ2n) is 7.27. The number of carboxylic acids is 1. The molecule has 0 spiro atoms. The third kappa shape index (κ3) is 5.64. The van der Waals surface area contributed by atoms with E-state index >= 15 is 0 Å². The maximum Gasteiger partial charge on any atom is 0.339 e. The van der Waals surface area contributed by atoms with Gasteiger partial charge in [-0.25, -0.2) is 4.79 Å². The summed E-state index contributed by atoms with van der Waals surface area (Å²) >= 11 is 5.89. The Morgan fingerprint density at radius 3 is 2.39 bits per heavy atom. The first kappa shape index (κ1) is 22.4. The van der Waals surface area contributed by atoms with Gasteiger partial charge in [0.25, 0.3) is 5.91 Å². The Kier molecular flexibility index (Phi) is 7.32. The molecule has 1 amide bonds.